The molecule has 0 aliphatic rings. The number of rotatable bonds is 4. The molecule has 0 aliphatic heterocycles. The third kappa shape index (κ3) is 2.51. The van der Waals surface area contributed by atoms with E-state index >= 15 is 0 Å². The monoisotopic (exact) mass is 254 g/mol. The highest BCUT2D eigenvalue weighted by Crippen LogP contribution is 2.23. The lowest BCUT2D eigenvalue weighted by Gasteiger charge is -2.06. The fraction of sp³-hybridized carbons (Fsp3) is 0.133. The molecular weight excluding hydrogens is 240 g/mol. The lowest BCUT2D eigenvalue weighted by atomic mass is 10.2. The number of nitrogens with zero attached hydrogens (tertiary/aromatic N) is 1. The van der Waals surface area contributed by atoms with E-state index in [1.165, 1.54) is 15.8 Å². The van der Waals surface area contributed by atoms with E-state index in [0.29, 0.717) is 0 Å². The molecule has 2 heterocycles. The summed E-state index contributed by atoms with van der Waals surface area (Å²) in [5, 5.41) is 6.88. The highest BCUT2D eigenvalue weighted by molar-refractivity contribution is 7.17. The molecule has 3 aromatic rings. The summed E-state index contributed by atoms with van der Waals surface area (Å²) in [5.41, 5.74) is 2.30. The van der Waals surface area contributed by atoms with Crippen molar-refractivity contribution < 1.29 is 0 Å². The molecule has 1 N–H and O–H groups in total. The van der Waals surface area contributed by atoms with Gasteiger partial charge in [0.05, 0.1) is 0 Å². The van der Waals surface area contributed by atoms with Crippen LogP contribution < -0.4 is 5.32 Å². The van der Waals surface area contributed by atoms with Gasteiger partial charge in [0.1, 0.15) is 0 Å². The summed E-state index contributed by atoms with van der Waals surface area (Å²) in [5.74, 6) is 0. The highest BCUT2D eigenvalue weighted by atomic mass is 32.1. The van der Waals surface area contributed by atoms with Crippen molar-refractivity contribution in [3.63, 3.8) is 0 Å². The Balaban J connectivity index is 1.62. The van der Waals surface area contributed by atoms with E-state index in [0.717, 1.165) is 18.7 Å². The van der Waals surface area contributed by atoms with E-state index in [-0.39, 0.29) is 0 Å². The number of aromatic nitrogens is 1. The quantitative estimate of drug-likeness (QED) is 0.762. The predicted molar refractivity (Wildman–Crippen MR) is 78.3 cm³/mol. The summed E-state index contributed by atoms with van der Waals surface area (Å²) < 4.78 is 1.34. The van der Waals surface area contributed by atoms with Gasteiger partial charge in [-0.2, -0.15) is 0 Å². The Bertz CT molecular complexity index is 631. The highest BCUT2D eigenvalue weighted by Gasteiger charge is 1.98. The molecule has 90 valence electrons. The molecule has 0 saturated heterocycles. The first-order valence-corrected chi connectivity index (χ1v) is 6.91. The molecule has 3 rings (SSSR count). The Labute approximate surface area is 110 Å². The molecule has 0 aliphatic carbocycles. The summed E-state index contributed by atoms with van der Waals surface area (Å²) in [6.45, 7) is 0.909. The zero-order valence-corrected chi connectivity index (χ0v) is 10.8. The number of nitrogens with one attached hydrogen (secondary N) is 1. The van der Waals surface area contributed by atoms with Crippen LogP contribution in [0.4, 0.5) is 5.69 Å². The van der Waals surface area contributed by atoms with Crippen molar-refractivity contribution in [2.24, 2.45) is 0 Å². The van der Waals surface area contributed by atoms with Crippen LogP contribution in [0.2, 0.25) is 0 Å². The van der Waals surface area contributed by atoms with Gasteiger partial charge in [0, 0.05) is 35.2 Å². The number of thiophene rings is 1. The summed E-state index contributed by atoms with van der Waals surface area (Å²) in [7, 11) is 0. The molecule has 2 aromatic heterocycles. The molecule has 2 nitrogen and oxygen atoms in total. The zero-order chi connectivity index (χ0) is 12.2. The van der Waals surface area contributed by atoms with Crippen molar-refractivity contribution in [3.05, 3.63) is 59.7 Å². The van der Waals surface area contributed by atoms with Crippen LogP contribution in [-0.2, 0) is 6.42 Å². The van der Waals surface area contributed by atoms with Crippen LogP contribution in [0.3, 0.4) is 0 Å². The minimum Gasteiger partial charge on any atom is -0.385 e. The molecule has 1 aromatic carbocycles. The standard InChI is InChI=1S/C15H14N2S/c1-2-8-16-13(3-1)6-9-17-14-4-5-15-12(11-14)7-10-18-15/h1-5,7-8,10-11,17H,6,9H2. The van der Waals surface area contributed by atoms with Gasteiger partial charge in [0.25, 0.3) is 0 Å². The largest absolute Gasteiger partial charge is 0.385 e. The third-order valence-corrected chi connectivity index (χ3v) is 3.79. The van der Waals surface area contributed by atoms with Crippen molar-refractivity contribution >= 4 is 27.1 Å². The molecule has 18 heavy (non-hydrogen) atoms. The van der Waals surface area contributed by atoms with Crippen LogP contribution in [0.25, 0.3) is 10.1 Å². The average molecular weight is 254 g/mol. The molecular formula is C15H14N2S. The van der Waals surface area contributed by atoms with E-state index in [1.54, 1.807) is 11.3 Å². The molecule has 0 amide bonds. The first-order chi connectivity index (χ1) is 8.92. The van der Waals surface area contributed by atoms with Crippen molar-refractivity contribution in [1.29, 1.82) is 0 Å². The maximum atomic E-state index is 4.31. The third-order valence-electron chi connectivity index (χ3n) is 2.89. The predicted octanol–water partition coefficient (Wildman–Crippen LogP) is 3.95. The molecule has 0 saturated carbocycles. The Morgan fingerprint density at radius 1 is 1.11 bits per heavy atom. The van der Waals surface area contributed by atoms with E-state index in [4.69, 9.17) is 0 Å². The zero-order valence-electron chi connectivity index (χ0n) is 9.97. The van der Waals surface area contributed by atoms with Gasteiger partial charge in [-0.05, 0) is 47.2 Å². The second-order valence-electron chi connectivity index (χ2n) is 4.17. The van der Waals surface area contributed by atoms with Gasteiger partial charge >= 0.3 is 0 Å². The van der Waals surface area contributed by atoms with Crippen molar-refractivity contribution in [3.8, 4) is 0 Å². The summed E-state index contributed by atoms with van der Waals surface area (Å²) in [6.07, 6.45) is 2.79. The van der Waals surface area contributed by atoms with Crippen LogP contribution in [-0.4, -0.2) is 11.5 Å². The minimum atomic E-state index is 0.909. The Morgan fingerprint density at radius 3 is 3.00 bits per heavy atom. The summed E-state index contributed by atoms with van der Waals surface area (Å²) in [6, 6.07) is 14.7. The SMILES string of the molecule is c1ccc(CCNc2ccc3sccc3c2)nc1. The Morgan fingerprint density at radius 2 is 2.11 bits per heavy atom. The van der Waals surface area contributed by atoms with Crippen LogP contribution >= 0.6 is 11.3 Å². The van der Waals surface area contributed by atoms with E-state index in [2.05, 4.69) is 46.0 Å². The second kappa shape index (κ2) is 5.19. The minimum absolute atomic E-state index is 0.909. The number of fused-ring (bicyclic) bond motifs is 1. The van der Waals surface area contributed by atoms with Crippen molar-refractivity contribution in [1.82, 2.24) is 4.98 Å². The van der Waals surface area contributed by atoms with Gasteiger partial charge in [0.15, 0.2) is 0 Å². The first kappa shape index (κ1) is 11.2. The molecule has 0 spiro atoms. The Hall–Kier alpha value is -1.87. The number of anilines is 1. The average Bonchev–Trinajstić information content (AvgIpc) is 2.87. The molecule has 0 fully saturated rings. The molecule has 0 atom stereocenters. The maximum absolute atomic E-state index is 4.31. The molecule has 0 bridgehead atoms. The van der Waals surface area contributed by atoms with E-state index in [1.807, 2.05) is 18.3 Å². The number of hydrogen-bond donors (Lipinski definition) is 1. The number of pyridine rings is 1. The van der Waals surface area contributed by atoms with Gasteiger partial charge in [-0.3, -0.25) is 4.98 Å². The lowest BCUT2D eigenvalue weighted by molar-refractivity contribution is 0.962. The number of hydrogen-bond acceptors (Lipinski definition) is 3. The lowest BCUT2D eigenvalue weighted by Crippen LogP contribution is -2.05. The molecule has 0 unspecified atom stereocenters. The van der Waals surface area contributed by atoms with Crippen LogP contribution in [0.1, 0.15) is 5.69 Å². The number of benzene rings is 1. The van der Waals surface area contributed by atoms with E-state index in [9.17, 15) is 0 Å². The Kier molecular flexibility index (Phi) is 3.24. The molecule has 0 radical (unpaired) electrons. The first-order valence-electron chi connectivity index (χ1n) is 6.03. The van der Waals surface area contributed by atoms with Crippen molar-refractivity contribution in [2.75, 3.05) is 11.9 Å². The van der Waals surface area contributed by atoms with Gasteiger partial charge in [-0.15, -0.1) is 11.3 Å². The normalized spacial score (nSPS) is 10.7. The van der Waals surface area contributed by atoms with Gasteiger partial charge < -0.3 is 5.32 Å². The fourth-order valence-corrected chi connectivity index (χ4v) is 2.73. The maximum Gasteiger partial charge on any atom is 0.0421 e. The summed E-state index contributed by atoms with van der Waals surface area (Å²) >= 11 is 1.78. The molecule has 3 heteroatoms. The summed E-state index contributed by atoms with van der Waals surface area (Å²) in [4.78, 5) is 4.31. The van der Waals surface area contributed by atoms with Gasteiger partial charge in [0.2, 0.25) is 0 Å². The van der Waals surface area contributed by atoms with Crippen molar-refractivity contribution in [2.45, 2.75) is 6.42 Å². The smallest absolute Gasteiger partial charge is 0.0421 e. The van der Waals surface area contributed by atoms with Gasteiger partial charge in [-0.1, -0.05) is 6.07 Å². The van der Waals surface area contributed by atoms with Gasteiger partial charge in [-0.25, -0.2) is 0 Å². The topological polar surface area (TPSA) is 24.9 Å². The van der Waals surface area contributed by atoms with E-state index < -0.39 is 0 Å². The van der Waals surface area contributed by atoms with Crippen LogP contribution in [0.15, 0.2) is 54.0 Å². The van der Waals surface area contributed by atoms with Crippen LogP contribution in [0.5, 0.6) is 0 Å². The van der Waals surface area contributed by atoms with Crippen LogP contribution in [0, 0.1) is 0 Å². The second-order valence-corrected chi connectivity index (χ2v) is 5.12. The fourth-order valence-electron chi connectivity index (χ4n) is 1.96.